The maximum Gasteiger partial charge on any atom is 0.476 e. The van der Waals surface area contributed by atoms with Crippen molar-refractivity contribution in [3.63, 3.8) is 0 Å². The van der Waals surface area contributed by atoms with Crippen molar-refractivity contribution in [2.75, 3.05) is 18.5 Å². The number of carbonyl (C=O) groups excluding carboxylic acids is 2. The molecular formula is C33H38FN8O7P. The molecule has 4 aromatic heterocycles. The molecule has 50 heavy (non-hydrogen) atoms. The summed E-state index contributed by atoms with van der Waals surface area (Å²) in [6, 6.07) is 5.09. The van der Waals surface area contributed by atoms with Crippen molar-refractivity contribution in [3.05, 3.63) is 59.8 Å². The number of aromatic nitrogens is 5. The molecule has 5 rings (SSSR count). The van der Waals surface area contributed by atoms with Crippen molar-refractivity contribution in [3.8, 4) is 33.8 Å². The minimum absolute atomic E-state index is 0.0300. The summed E-state index contributed by atoms with van der Waals surface area (Å²) in [7, 11) is -2.69. The van der Waals surface area contributed by atoms with E-state index in [4.69, 9.17) is 29.6 Å². The first-order valence-corrected chi connectivity index (χ1v) is 16.8. The first-order chi connectivity index (χ1) is 23.3. The number of nitrogens with one attached hydrogen (secondary N) is 1. The number of phosphoric ester groups is 1. The number of carbonyl (C=O) groups is 2. The summed E-state index contributed by atoms with van der Waals surface area (Å²) in [5.41, 5.74) is 12.0. The van der Waals surface area contributed by atoms with Crippen LogP contribution in [0.5, 0.6) is 0 Å². The van der Waals surface area contributed by atoms with Crippen LogP contribution < -0.4 is 16.8 Å². The maximum absolute atomic E-state index is 15.3. The van der Waals surface area contributed by atoms with Gasteiger partial charge in [0.1, 0.15) is 11.5 Å². The molecule has 0 aliphatic carbocycles. The number of amides is 1. The second-order valence-corrected chi connectivity index (χ2v) is 14.8. The van der Waals surface area contributed by atoms with Gasteiger partial charge in [0.15, 0.2) is 17.2 Å². The number of nitrogens with zero attached hydrogens (tertiary/aromatic N) is 5. The monoisotopic (exact) mass is 708 g/mol. The molecule has 1 amide bonds. The average molecular weight is 709 g/mol. The lowest BCUT2D eigenvalue weighted by molar-refractivity contribution is 0.000856. The number of nitrogens with two attached hydrogens (primary N) is 2. The Morgan fingerprint density at radius 3 is 2.30 bits per heavy atom. The number of nitrogen functional groups attached to an aromatic ring is 2. The van der Waals surface area contributed by atoms with Crippen LogP contribution in [0.2, 0.25) is 0 Å². The van der Waals surface area contributed by atoms with Gasteiger partial charge in [-0.2, -0.15) is 9.78 Å². The fraction of sp³-hybridized carbons (Fsp3) is 0.333. The Kier molecular flexibility index (Phi) is 9.69. The van der Waals surface area contributed by atoms with Crippen molar-refractivity contribution in [1.82, 2.24) is 30.2 Å². The van der Waals surface area contributed by atoms with E-state index in [-0.39, 0.29) is 68.6 Å². The molecule has 0 radical (unpaired) electrons. The van der Waals surface area contributed by atoms with Gasteiger partial charge in [-0.15, -0.1) is 0 Å². The van der Waals surface area contributed by atoms with Gasteiger partial charge in [0.2, 0.25) is 0 Å². The standard InChI is InChI=1S/C33H38FN8O7P/c1-17(43)19-12-20(23(34)13-24(19)35)27-25-29(47-41-30(25)36)21(14-39-27)22-15-42(31(44)37-8)40-28(22)26-18(10-9-11-38-26)16-46-50(45,48-32(2,3)4)49-33(5,6)7/h9-15H,16,35H2,1-8H3,(H2,36,41)(H,37,44). The lowest BCUT2D eigenvalue weighted by Gasteiger charge is -2.31. The molecule has 0 atom stereocenters. The van der Waals surface area contributed by atoms with E-state index in [1.165, 1.54) is 38.6 Å². The molecule has 0 spiro atoms. The number of anilines is 2. The number of phosphoric acid groups is 1. The third kappa shape index (κ3) is 7.58. The number of rotatable bonds is 9. The van der Waals surface area contributed by atoms with Gasteiger partial charge in [0.25, 0.3) is 0 Å². The number of Topliss-reactive ketones (excluding diaryl/α,β-unsaturated/α-hetero) is 1. The molecule has 15 nitrogen and oxygen atoms in total. The molecule has 0 saturated heterocycles. The molecule has 1 aromatic carbocycles. The predicted octanol–water partition coefficient (Wildman–Crippen LogP) is 6.76. The van der Waals surface area contributed by atoms with E-state index in [1.807, 2.05) is 0 Å². The highest BCUT2D eigenvalue weighted by atomic mass is 31.2. The molecule has 0 unspecified atom stereocenters. The van der Waals surface area contributed by atoms with Crippen molar-refractivity contribution >= 4 is 42.1 Å². The number of halogens is 1. The summed E-state index contributed by atoms with van der Waals surface area (Å²) in [4.78, 5) is 34.1. The predicted molar refractivity (Wildman–Crippen MR) is 184 cm³/mol. The highest BCUT2D eigenvalue weighted by Gasteiger charge is 2.37. The van der Waals surface area contributed by atoms with Crippen LogP contribution in [0.3, 0.4) is 0 Å². The van der Waals surface area contributed by atoms with E-state index in [0.717, 1.165) is 10.7 Å². The molecular weight excluding hydrogens is 670 g/mol. The van der Waals surface area contributed by atoms with E-state index < -0.39 is 30.9 Å². The molecule has 17 heteroatoms. The molecule has 5 N–H and O–H groups in total. The first-order valence-electron chi connectivity index (χ1n) is 15.4. The Morgan fingerprint density at radius 2 is 1.68 bits per heavy atom. The van der Waals surface area contributed by atoms with Crippen LogP contribution in [0.25, 0.3) is 44.7 Å². The Labute approximate surface area is 287 Å². The highest BCUT2D eigenvalue weighted by Crippen LogP contribution is 2.56. The normalized spacial score (nSPS) is 12.4. The average Bonchev–Trinajstić information content (AvgIpc) is 3.62. The van der Waals surface area contributed by atoms with Gasteiger partial charge >= 0.3 is 13.9 Å². The summed E-state index contributed by atoms with van der Waals surface area (Å²) in [6.07, 6.45) is 4.32. The van der Waals surface area contributed by atoms with Crippen LogP contribution in [0.1, 0.15) is 64.4 Å². The Balaban J connectivity index is 1.67. The summed E-state index contributed by atoms with van der Waals surface area (Å²) in [5, 5.41) is 11.1. The van der Waals surface area contributed by atoms with Crippen LogP contribution in [-0.2, 0) is 24.7 Å². The zero-order valence-electron chi connectivity index (χ0n) is 28.8. The Morgan fingerprint density at radius 1 is 1.00 bits per heavy atom. The van der Waals surface area contributed by atoms with Crippen molar-refractivity contribution in [2.24, 2.45) is 0 Å². The third-order valence-corrected chi connectivity index (χ3v) is 8.98. The van der Waals surface area contributed by atoms with Crippen molar-refractivity contribution < 1.29 is 36.6 Å². The summed E-state index contributed by atoms with van der Waals surface area (Å²) < 4.78 is 53.3. The lowest BCUT2D eigenvalue weighted by Crippen LogP contribution is -2.25. The van der Waals surface area contributed by atoms with Crippen LogP contribution >= 0.6 is 7.82 Å². The van der Waals surface area contributed by atoms with Crippen molar-refractivity contribution in [1.29, 1.82) is 0 Å². The number of pyridine rings is 2. The number of hydrogen-bond donors (Lipinski definition) is 3. The zero-order valence-corrected chi connectivity index (χ0v) is 29.7. The first kappa shape index (κ1) is 36.3. The minimum Gasteiger partial charge on any atom is -0.398 e. The van der Waals surface area contributed by atoms with E-state index in [9.17, 15) is 14.2 Å². The second-order valence-electron chi connectivity index (χ2n) is 13.3. The van der Waals surface area contributed by atoms with Crippen LogP contribution in [0.4, 0.5) is 20.7 Å². The van der Waals surface area contributed by atoms with Crippen LogP contribution in [-0.4, -0.2) is 55.0 Å². The van der Waals surface area contributed by atoms with Crippen molar-refractivity contribution in [2.45, 2.75) is 66.3 Å². The zero-order chi connectivity index (χ0) is 36.8. The molecule has 0 aliphatic rings. The molecule has 5 aromatic rings. The summed E-state index contributed by atoms with van der Waals surface area (Å²) in [5.74, 6) is -1.22. The van der Waals surface area contributed by atoms with Gasteiger partial charge in [-0.3, -0.25) is 28.3 Å². The summed E-state index contributed by atoms with van der Waals surface area (Å²) >= 11 is 0. The molecule has 4 heterocycles. The minimum atomic E-state index is -4.13. The van der Waals surface area contributed by atoms with E-state index in [1.54, 1.807) is 53.7 Å². The van der Waals surface area contributed by atoms with Gasteiger partial charge in [0, 0.05) is 53.6 Å². The Bertz CT molecular complexity index is 2150. The van der Waals surface area contributed by atoms with Gasteiger partial charge in [-0.05, 0) is 66.7 Å². The quantitative estimate of drug-likeness (QED) is 0.0821. The molecule has 0 bridgehead atoms. The largest absolute Gasteiger partial charge is 0.476 e. The molecule has 0 fully saturated rings. The second kappa shape index (κ2) is 13.4. The SMILES string of the molecule is CNC(=O)n1cc(-c2cnc(-c3cc(C(C)=O)c(N)cc3F)c3c(N)noc23)c(-c2ncccc2COP(=O)(OC(C)(C)C)OC(C)(C)C)n1. The van der Waals surface area contributed by atoms with Gasteiger partial charge in [-0.1, -0.05) is 11.2 Å². The molecule has 0 saturated carbocycles. The summed E-state index contributed by atoms with van der Waals surface area (Å²) in [6.45, 7) is 11.4. The highest BCUT2D eigenvalue weighted by molar-refractivity contribution is 7.48. The number of ketones is 1. The lowest BCUT2D eigenvalue weighted by atomic mass is 9.98. The van der Waals surface area contributed by atoms with Gasteiger partial charge < -0.3 is 21.3 Å². The van der Waals surface area contributed by atoms with Gasteiger partial charge in [-0.25, -0.2) is 13.8 Å². The fourth-order valence-electron chi connectivity index (χ4n) is 5.06. The van der Waals surface area contributed by atoms with E-state index in [2.05, 4.69) is 25.5 Å². The topological polar surface area (TPSA) is 213 Å². The Hall–Kier alpha value is -5.02. The van der Waals surface area contributed by atoms with Crippen LogP contribution in [0.15, 0.2) is 47.4 Å². The number of hydrogen-bond acceptors (Lipinski definition) is 13. The maximum atomic E-state index is 15.3. The molecule has 264 valence electrons. The smallest absolute Gasteiger partial charge is 0.398 e. The number of fused-ring (bicyclic) bond motifs is 1. The number of benzene rings is 1. The van der Waals surface area contributed by atoms with E-state index >= 15 is 4.39 Å². The molecule has 0 aliphatic heterocycles. The fourth-order valence-corrected chi connectivity index (χ4v) is 6.84. The van der Waals surface area contributed by atoms with Crippen LogP contribution in [0, 0.1) is 5.82 Å². The van der Waals surface area contributed by atoms with E-state index in [0.29, 0.717) is 11.1 Å². The third-order valence-electron chi connectivity index (χ3n) is 6.99. The van der Waals surface area contributed by atoms with Gasteiger partial charge in [0.05, 0.1) is 40.1 Å².